The van der Waals surface area contributed by atoms with Crippen molar-refractivity contribution in [3.05, 3.63) is 38.3 Å². The minimum absolute atomic E-state index is 0.0655. The molecule has 0 aliphatic carbocycles. The lowest BCUT2D eigenvalue weighted by atomic mass is 10.2. The van der Waals surface area contributed by atoms with Gasteiger partial charge in [-0.25, -0.2) is 0 Å². The molecular weight excluding hydrogens is 245 g/mol. The molecule has 1 rings (SSSR count). The second-order valence-corrected chi connectivity index (χ2v) is 3.29. The fraction of sp³-hybridized carbons (Fsp3) is 0.143. The van der Waals surface area contributed by atoms with Crippen molar-refractivity contribution in [2.45, 2.75) is 5.88 Å². The van der Waals surface area contributed by atoms with E-state index in [-0.39, 0.29) is 5.69 Å². The SMILES string of the molecule is O=[N+]([O-])c1ccc(CCl)c(Br)c1. The monoisotopic (exact) mass is 249 g/mol. The fourth-order valence-corrected chi connectivity index (χ4v) is 1.66. The van der Waals surface area contributed by atoms with Crippen LogP contribution in [0.4, 0.5) is 5.69 Å². The van der Waals surface area contributed by atoms with E-state index < -0.39 is 4.92 Å². The molecule has 5 heteroatoms. The van der Waals surface area contributed by atoms with Gasteiger partial charge in [0.15, 0.2) is 0 Å². The number of alkyl halides is 1. The average molecular weight is 250 g/mol. The van der Waals surface area contributed by atoms with Gasteiger partial charge < -0.3 is 0 Å². The van der Waals surface area contributed by atoms with Crippen LogP contribution >= 0.6 is 27.5 Å². The Labute approximate surface area is 82.6 Å². The third-order valence-corrected chi connectivity index (χ3v) is 2.42. The molecule has 0 heterocycles. The lowest BCUT2D eigenvalue weighted by Gasteiger charge is -1.98. The number of rotatable bonds is 2. The molecule has 0 amide bonds. The summed E-state index contributed by atoms with van der Waals surface area (Å²) in [7, 11) is 0. The van der Waals surface area contributed by atoms with E-state index in [0.717, 1.165) is 5.56 Å². The summed E-state index contributed by atoms with van der Waals surface area (Å²) in [5.74, 6) is 0.346. The first-order chi connectivity index (χ1) is 5.65. The molecule has 0 aliphatic heterocycles. The van der Waals surface area contributed by atoms with Crippen molar-refractivity contribution in [1.29, 1.82) is 0 Å². The van der Waals surface area contributed by atoms with Gasteiger partial charge in [0.2, 0.25) is 0 Å². The lowest BCUT2D eigenvalue weighted by molar-refractivity contribution is -0.384. The Morgan fingerprint density at radius 1 is 1.58 bits per heavy atom. The number of non-ortho nitro benzene ring substituents is 1. The quantitative estimate of drug-likeness (QED) is 0.460. The highest BCUT2D eigenvalue weighted by Crippen LogP contribution is 2.23. The third kappa shape index (κ3) is 1.95. The van der Waals surface area contributed by atoms with Crippen molar-refractivity contribution < 1.29 is 4.92 Å². The first kappa shape index (κ1) is 9.48. The fourth-order valence-electron chi connectivity index (χ4n) is 0.758. The van der Waals surface area contributed by atoms with Crippen molar-refractivity contribution in [3.63, 3.8) is 0 Å². The van der Waals surface area contributed by atoms with Crippen molar-refractivity contribution in [1.82, 2.24) is 0 Å². The number of hydrogen-bond acceptors (Lipinski definition) is 2. The maximum atomic E-state index is 10.3. The van der Waals surface area contributed by atoms with Gasteiger partial charge in [-0.15, -0.1) is 11.6 Å². The maximum absolute atomic E-state index is 10.3. The topological polar surface area (TPSA) is 43.1 Å². The van der Waals surface area contributed by atoms with E-state index in [1.165, 1.54) is 12.1 Å². The van der Waals surface area contributed by atoms with E-state index >= 15 is 0 Å². The molecule has 0 aromatic heterocycles. The van der Waals surface area contributed by atoms with Gasteiger partial charge in [-0.2, -0.15) is 0 Å². The number of nitro groups is 1. The van der Waals surface area contributed by atoms with Crippen LogP contribution in [0.3, 0.4) is 0 Å². The van der Waals surface area contributed by atoms with Gasteiger partial charge in [-0.1, -0.05) is 15.9 Å². The molecule has 0 N–H and O–H groups in total. The van der Waals surface area contributed by atoms with Gasteiger partial charge in [0.1, 0.15) is 0 Å². The molecule has 12 heavy (non-hydrogen) atoms. The number of hydrogen-bond donors (Lipinski definition) is 0. The maximum Gasteiger partial charge on any atom is 0.270 e. The molecule has 1 aromatic carbocycles. The zero-order valence-corrected chi connectivity index (χ0v) is 8.30. The summed E-state index contributed by atoms with van der Waals surface area (Å²) in [6, 6.07) is 4.51. The summed E-state index contributed by atoms with van der Waals surface area (Å²) in [6.07, 6.45) is 0. The van der Waals surface area contributed by atoms with E-state index in [2.05, 4.69) is 15.9 Å². The van der Waals surface area contributed by atoms with Crippen LogP contribution in [0, 0.1) is 10.1 Å². The Kier molecular flexibility index (Phi) is 3.05. The molecule has 0 atom stereocenters. The summed E-state index contributed by atoms with van der Waals surface area (Å²) in [4.78, 5) is 9.86. The van der Waals surface area contributed by atoms with Crippen molar-refractivity contribution in [2.75, 3.05) is 0 Å². The second kappa shape index (κ2) is 3.87. The van der Waals surface area contributed by atoms with E-state index in [4.69, 9.17) is 11.6 Å². The van der Waals surface area contributed by atoms with Crippen molar-refractivity contribution >= 4 is 33.2 Å². The van der Waals surface area contributed by atoms with E-state index in [1.54, 1.807) is 6.07 Å². The van der Waals surface area contributed by atoms with Crippen LogP contribution < -0.4 is 0 Å². The first-order valence-corrected chi connectivity index (χ1v) is 4.46. The van der Waals surface area contributed by atoms with Crippen LogP contribution in [0.5, 0.6) is 0 Å². The highest BCUT2D eigenvalue weighted by Gasteiger charge is 2.07. The molecule has 0 aliphatic rings. The predicted octanol–water partition coefficient (Wildman–Crippen LogP) is 3.10. The van der Waals surface area contributed by atoms with Crippen LogP contribution in [0.1, 0.15) is 5.56 Å². The summed E-state index contributed by atoms with van der Waals surface area (Å²) >= 11 is 8.75. The van der Waals surface area contributed by atoms with E-state index in [0.29, 0.717) is 10.4 Å². The number of nitrogens with zero attached hydrogens (tertiary/aromatic N) is 1. The zero-order chi connectivity index (χ0) is 9.14. The molecule has 0 bridgehead atoms. The molecular formula is C7H5BrClNO2. The zero-order valence-electron chi connectivity index (χ0n) is 5.96. The Bertz CT molecular complexity index is 316. The Hall–Kier alpha value is -0.610. The lowest BCUT2D eigenvalue weighted by Crippen LogP contribution is -1.89. The highest BCUT2D eigenvalue weighted by molar-refractivity contribution is 9.10. The van der Waals surface area contributed by atoms with Gasteiger partial charge in [0, 0.05) is 22.5 Å². The normalized spacial score (nSPS) is 9.83. The second-order valence-electron chi connectivity index (χ2n) is 2.17. The number of nitro benzene ring substituents is 1. The first-order valence-electron chi connectivity index (χ1n) is 3.14. The highest BCUT2D eigenvalue weighted by atomic mass is 79.9. The van der Waals surface area contributed by atoms with Crippen LogP contribution in [-0.4, -0.2) is 4.92 Å². The standard InChI is InChI=1S/C7H5BrClNO2/c8-7-3-6(10(11)12)2-1-5(7)4-9/h1-3H,4H2. The molecule has 3 nitrogen and oxygen atoms in total. The molecule has 1 aromatic rings. The molecule has 64 valence electrons. The smallest absolute Gasteiger partial charge is 0.258 e. The Balaban J connectivity index is 3.10. The minimum atomic E-state index is -0.442. The number of benzene rings is 1. The summed E-state index contributed by atoms with van der Waals surface area (Å²) < 4.78 is 0.673. The van der Waals surface area contributed by atoms with E-state index in [1.807, 2.05) is 0 Å². The average Bonchev–Trinajstić information content (AvgIpc) is 2.04. The Morgan fingerprint density at radius 2 is 2.25 bits per heavy atom. The molecule has 0 unspecified atom stereocenters. The van der Waals surface area contributed by atoms with Gasteiger partial charge in [0.05, 0.1) is 4.92 Å². The van der Waals surface area contributed by atoms with Crippen LogP contribution in [0.25, 0.3) is 0 Å². The van der Waals surface area contributed by atoms with Gasteiger partial charge in [-0.05, 0) is 11.6 Å². The van der Waals surface area contributed by atoms with Crippen LogP contribution in [-0.2, 0) is 5.88 Å². The predicted molar refractivity (Wildman–Crippen MR) is 50.4 cm³/mol. The van der Waals surface area contributed by atoms with Gasteiger partial charge >= 0.3 is 0 Å². The molecule has 0 spiro atoms. The largest absolute Gasteiger partial charge is 0.270 e. The van der Waals surface area contributed by atoms with Crippen LogP contribution in [0.15, 0.2) is 22.7 Å². The molecule has 0 saturated heterocycles. The van der Waals surface area contributed by atoms with Gasteiger partial charge in [0.25, 0.3) is 5.69 Å². The molecule has 0 saturated carbocycles. The summed E-state index contributed by atoms with van der Waals surface area (Å²) in [5, 5.41) is 10.3. The van der Waals surface area contributed by atoms with Gasteiger partial charge in [-0.3, -0.25) is 10.1 Å². The summed E-state index contributed by atoms with van der Waals surface area (Å²) in [6.45, 7) is 0. The Morgan fingerprint density at radius 3 is 2.67 bits per heavy atom. The molecule has 0 fully saturated rings. The molecule has 0 radical (unpaired) electrons. The van der Waals surface area contributed by atoms with E-state index in [9.17, 15) is 10.1 Å². The summed E-state index contributed by atoms with van der Waals surface area (Å²) in [5.41, 5.74) is 0.915. The van der Waals surface area contributed by atoms with Crippen molar-refractivity contribution in [3.8, 4) is 0 Å². The third-order valence-electron chi connectivity index (χ3n) is 1.39. The minimum Gasteiger partial charge on any atom is -0.258 e. The van der Waals surface area contributed by atoms with Crippen molar-refractivity contribution in [2.24, 2.45) is 0 Å². The van der Waals surface area contributed by atoms with Crippen LogP contribution in [0.2, 0.25) is 0 Å². The number of halogens is 2.